The van der Waals surface area contributed by atoms with Crippen molar-refractivity contribution in [2.45, 2.75) is 13.3 Å². The molecule has 0 atom stereocenters. The Morgan fingerprint density at radius 2 is 2.08 bits per heavy atom. The van der Waals surface area contributed by atoms with Crippen molar-refractivity contribution in [2.75, 3.05) is 30.0 Å². The summed E-state index contributed by atoms with van der Waals surface area (Å²) in [6.45, 7) is 3.13. The normalized spacial score (nSPS) is 9.69. The highest BCUT2D eigenvalue weighted by atomic mass is 14.9. The summed E-state index contributed by atoms with van der Waals surface area (Å²) in [5, 5.41) is 6.43. The summed E-state index contributed by atoms with van der Waals surface area (Å²) in [6.07, 6.45) is 1.12. The van der Waals surface area contributed by atoms with Gasteiger partial charge in [-0.1, -0.05) is 6.92 Å². The predicted octanol–water partition coefficient (Wildman–Crippen LogP) is 2.13. The highest BCUT2D eigenvalue weighted by Gasteiger charge is 1.99. The van der Waals surface area contributed by atoms with Crippen molar-refractivity contribution in [1.29, 1.82) is 0 Å². The van der Waals surface area contributed by atoms with Crippen LogP contribution in [-0.2, 0) is 0 Å². The van der Waals surface area contributed by atoms with Gasteiger partial charge in [-0.3, -0.25) is 0 Å². The fourth-order valence-corrected chi connectivity index (χ4v) is 1.18. The maximum atomic E-state index is 5.66. The Bertz CT molecular complexity index is 271. The third kappa shape index (κ3) is 2.54. The van der Waals surface area contributed by atoms with Crippen molar-refractivity contribution >= 4 is 17.1 Å². The van der Waals surface area contributed by atoms with Crippen LogP contribution < -0.4 is 16.4 Å². The summed E-state index contributed by atoms with van der Waals surface area (Å²) < 4.78 is 0. The number of hydrogen-bond acceptors (Lipinski definition) is 3. The molecule has 1 aromatic rings. The molecule has 3 heteroatoms. The molecule has 3 nitrogen and oxygen atoms in total. The Hall–Kier alpha value is -1.38. The molecule has 0 amide bonds. The fraction of sp³-hybridized carbons (Fsp3) is 0.400. The first-order chi connectivity index (χ1) is 6.27. The number of nitrogens with two attached hydrogens (primary N) is 1. The molecular weight excluding hydrogens is 162 g/mol. The van der Waals surface area contributed by atoms with Gasteiger partial charge in [0.2, 0.25) is 0 Å². The van der Waals surface area contributed by atoms with Gasteiger partial charge >= 0.3 is 0 Å². The number of hydrogen-bond donors (Lipinski definition) is 3. The highest BCUT2D eigenvalue weighted by molar-refractivity contribution is 5.72. The summed E-state index contributed by atoms with van der Waals surface area (Å²) in [7, 11) is 1.89. The van der Waals surface area contributed by atoms with Crippen molar-refractivity contribution in [1.82, 2.24) is 0 Å². The van der Waals surface area contributed by atoms with Gasteiger partial charge in [-0.25, -0.2) is 0 Å². The van der Waals surface area contributed by atoms with Crippen LogP contribution in [0.3, 0.4) is 0 Å². The van der Waals surface area contributed by atoms with E-state index in [-0.39, 0.29) is 0 Å². The van der Waals surface area contributed by atoms with E-state index in [9.17, 15) is 0 Å². The number of rotatable bonds is 4. The van der Waals surface area contributed by atoms with E-state index in [1.807, 2.05) is 25.2 Å². The molecule has 0 aliphatic carbocycles. The van der Waals surface area contributed by atoms with Crippen molar-refractivity contribution < 1.29 is 0 Å². The molecule has 0 unspecified atom stereocenters. The average Bonchev–Trinajstić information content (AvgIpc) is 2.16. The minimum absolute atomic E-state index is 0.784. The molecule has 0 spiro atoms. The lowest BCUT2D eigenvalue weighted by Gasteiger charge is -2.11. The van der Waals surface area contributed by atoms with E-state index in [4.69, 9.17) is 5.73 Å². The van der Waals surface area contributed by atoms with E-state index in [2.05, 4.69) is 17.6 Å². The Labute approximate surface area is 79.3 Å². The molecule has 0 radical (unpaired) electrons. The molecule has 4 N–H and O–H groups in total. The standard InChI is InChI=1S/C10H17N3/c1-3-6-13-9-5-4-8(11)7-10(9)12-2/h4-5,7,12-13H,3,6,11H2,1-2H3. The van der Waals surface area contributed by atoms with E-state index in [0.29, 0.717) is 0 Å². The van der Waals surface area contributed by atoms with Gasteiger partial charge in [0.05, 0.1) is 11.4 Å². The Morgan fingerprint density at radius 3 is 2.69 bits per heavy atom. The summed E-state index contributed by atoms with van der Waals surface area (Å²) in [4.78, 5) is 0. The monoisotopic (exact) mass is 179 g/mol. The molecule has 0 aromatic heterocycles. The zero-order chi connectivity index (χ0) is 9.68. The van der Waals surface area contributed by atoms with Gasteiger partial charge in [0.1, 0.15) is 0 Å². The Morgan fingerprint density at radius 1 is 1.31 bits per heavy atom. The molecule has 13 heavy (non-hydrogen) atoms. The van der Waals surface area contributed by atoms with E-state index in [1.54, 1.807) is 0 Å². The zero-order valence-corrected chi connectivity index (χ0v) is 8.22. The second-order valence-corrected chi connectivity index (χ2v) is 2.98. The number of nitrogen functional groups attached to an aromatic ring is 1. The van der Waals surface area contributed by atoms with Gasteiger partial charge in [-0.15, -0.1) is 0 Å². The third-order valence-corrected chi connectivity index (χ3v) is 1.88. The van der Waals surface area contributed by atoms with Gasteiger partial charge < -0.3 is 16.4 Å². The minimum Gasteiger partial charge on any atom is -0.399 e. The number of benzene rings is 1. The highest BCUT2D eigenvalue weighted by Crippen LogP contribution is 2.23. The first-order valence-corrected chi connectivity index (χ1v) is 4.59. The lowest BCUT2D eigenvalue weighted by molar-refractivity contribution is 0.980. The van der Waals surface area contributed by atoms with Crippen LogP contribution in [0.15, 0.2) is 18.2 Å². The molecular formula is C10H17N3. The number of nitrogens with one attached hydrogen (secondary N) is 2. The Kier molecular flexibility index (Phi) is 3.43. The van der Waals surface area contributed by atoms with Crippen LogP contribution in [0, 0.1) is 0 Å². The fourth-order valence-electron chi connectivity index (χ4n) is 1.18. The molecule has 72 valence electrons. The molecule has 1 aromatic carbocycles. The van der Waals surface area contributed by atoms with Crippen molar-refractivity contribution in [3.8, 4) is 0 Å². The van der Waals surface area contributed by atoms with Crippen molar-refractivity contribution in [3.05, 3.63) is 18.2 Å². The second kappa shape index (κ2) is 4.60. The van der Waals surface area contributed by atoms with Gasteiger partial charge in [-0.05, 0) is 24.6 Å². The third-order valence-electron chi connectivity index (χ3n) is 1.88. The molecule has 0 saturated heterocycles. The maximum Gasteiger partial charge on any atom is 0.0594 e. The van der Waals surface area contributed by atoms with Gasteiger partial charge in [0, 0.05) is 19.3 Å². The summed E-state index contributed by atoms with van der Waals surface area (Å²) >= 11 is 0. The van der Waals surface area contributed by atoms with Crippen molar-refractivity contribution in [3.63, 3.8) is 0 Å². The molecule has 0 bridgehead atoms. The quantitative estimate of drug-likeness (QED) is 0.621. The average molecular weight is 179 g/mol. The minimum atomic E-state index is 0.784. The van der Waals surface area contributed by atoms with E-state index in [1.165, 1.54) is 0 Å². The van der Waals surface area contributed by atoms with Crippen LogP contribution in [0.2, 0.25) is 0 Å². The van der Waals surface area contributed by atoms with Crippen LogP contribution in [-0.4, -0.2) is 13.6 Å². The molecule has 0 heterocycles. The maximum absolute atomic E-state index is 5.66. The molecule has 0 fully saturated rings. The van der Waals surface area contributed by atoms with Crippen LogP contribution >= 0.6 is 0 Å². The SMILES string of the molecule is CCCNc1ccc(N)cc1NC. The Balaban J connectivity index is 2.79. The molecule has 0 aliphatic heterocycles. The van der Waals surface area contributed by atoms with Crippen LogP contribution in [0.5, 0.6) is 0 Å². The van der Waals surface area contributed by atoms with Crippen molar-refractivity contribution in [2.24, 2.45) is 0 Å². The lowest BCUT2D eigenvalue weighted by atomic mass is 10.2. The first-order valence-electron chi connectivity index (χ1n) is 4.59. The van der Waals surface area contributed by atoms with Crippen LogP contribution in [0.1, 0.15) is 13.3 Å². The summed E-state index contributed by atoms with van der Waals surface area (Å²) in [6, 6.07) is 5.83. The number of anilines is 3. The topological polar surface area (TPSA) is 50.1 Å². The van der Waals surface area contributed by atoms with E-state index in [0.717, 1.165) is 30.0 Å². The zero-order valence-electron chi connectivity index (χ0n) is 8.22. The smallest absolute Gasteiger partial charge is 0.0594 e. The lowest BCUT2D eigenvalue weighted by Crippen LogP contribution is -2.03. The van der Waals surface area contributed by atoms with E-state index >= 15 is 0 Å². The predicted molar refractivity (Wildman–Crippen MR) is 59.2 cm³/mol. The van der Waals surface area contributed by atoms with Gasteiger partial charge in [0.15, 0.2) is 0 Å². The molecule has 1 rings (SSSR count). The van der Waals surface area contributed by atoms with Gasteiger partial charge in [-0.2, -0.15) is 0 Å². The molecule has 0 aliphatic rings. The van der Waals surface area contributed by atoms with E-state index < -0.39 is 0 Å². The van der Waals surface area contributed by atoms with Gasteiger partial charge in [0.25, 0.3) is 0 Å². The van der Waals surface area contributed by atoms with Crippen LogP contribution in [0.4, 0.5) is 17.1 Å². The molecule has 0 saturated carbocycles. The first kappa shape index (κ1) is 9.71. The second-order valence-electron chi connectivity index (χ2n) is 2.98. The summed E-state index contributed by atoms with van der Waals surface area (Å²) in [5.74, 6) is 0. The summed E-state index contributed by atoms with van der Waals surface area (Å²) in [5.41, 5.74) is 8.61. The largest absolute Gasteiger partial charge is 0.399 e. The van der Waals surface area contributed by atoms with Crippen LogP contribution in [0.25, 0.3) is 0 Å².